The topological polar surface area (TPSA) is 86.7 Å². The zero-order valence-corrected chi connectivity index (χ0v) is 11.7. The summed E-state index contributed by atoms with van der Waals surface area (Å²) < 4.78 is 0. The van der Waals surface area contributed by atoms with Crippen LogP contribution in [0.25, 0.3) is 0 Å². The molecule has 0 aliphatic carbocycles. The van der Waals surface area contributed by atoms with Gasteiger partial charge in [0.15, 0.2) is 0 Å². The van der Waals surface area contributed by atoms with E-state index in [9.17, 15) is 19.5 Å². The molecule has 1 saturated heterocycles. The lowest BCUT2D eigenvalue weighted by Crippen LogP contribution is -2.40. The highest BCUT2D eigenvalue weighted by atomic mass is 32.1. The highest BCUT2D eigenvalue weighted by Gasteiger charge is 2.30. The summed E-state index contributed by atoms with van der Waals surface area (Å²) in [5.41, 5.74) is 0.828. The fourth-order valence-corrected chi connectivity index (χ4v) is 2.69. The van der Waals surface area contributed by atoms with Crippen LogP contribution in [0.1, 0.15) is 30.9 Å². The van der Waals surface area contributed by atoms with Gasteiger partial charge in [-0.25, -0.2) is 0 Å². The predicted octanol–water partition coefficient (Wildman–Crippen LogP) is 0.437. The molecule has 3 amide bonds. The Morgan fingerprint density at radius 3 is 2.70 bits per heavy atom. The van der Waals surface area contributed by atoms with Gasteiger partial charge in [-0.3, -0.25) is 19.3 Å². The number of nitrogens with one attached hydrogen (secondary N) is 1. The Kier molecular flexibility index (Phi) is 4.86. The number of thiophene rings is 1. The number of rotatable bonds is 6. The highest BCUT2D eigenvalue weighted by Crippen LogP contribution is 2.18. The van der Waals surface area contributed by atoms with Gasteiger partial charge in [0.2, 0.25) is 17.7 Å². The number of aliphatic hydroxyl groups excluding tert-OH is 1. The summed E-state index contributed by atoms with van der Waals surface area (Å²) in [4.78, 5) is 35.3. The monoisotopic (exact) mass is 296 g/mol. The Hall–Kier alpha value is -1.73. The van der Waals surface area contributed by atoms with Gasteiger partial charge in [-0.15, -0.1) is 0 Å². The predicted molar refractivity (Wildman–Crippen MR) is 72.9 cm³/mol. The van der Waals surface area contributed by atoms with Crippen molar-refractivity contribution in [1.29, 1.82) is 0 Å². The van der Waals surface area contributed by atoms with Crippen molar-refractivity contribution in [2.24, 2.45) is 0 Å². The molecule has 1 aliphatic heterocycles. The van der Waals surface area contributed by atoms with Crippen LogP contribution in [-0.4, -0.2) is 40.8 Å². The maximum Gasteiger partial charge on any atom is 0.240 e. The van der Waals surface area contributed by atoms with Crippen LogP contribution in [0.2, 0.25) is 0 Å². The minimum Gasteiger partial charge on any atom is -0.388 e. The summed E-state index contributed by atoms with van der Waals surface area (Å²) in [6.45, 7) is 0.0677. The molecule has 2 heterocycles. The van der Waals surface area contributed by atoms with Crippen LogP contribution in [0.15, 0.2) is 16.8 Å². The molecule has 1 atom stereocenters. The first-order valence-corrected chi connectivity index (χ1v) is 7.32. The van der Waals surface area contributed by atoms with Gasteiger partial charge in [0.05, 0.1) is 6.10 Å². The third-order valence-corrected chi connectivity index (χ3v) is 3.83. The number of likely N-dealkylation sites (tertiary alicyclic amines) is 1. The van der Waals surface area contributed by atoms with E-state index in [-0.39, 0.29) is 37.1 Å². The molecule has 0 radical (unpaired) electrons. The lowest BCUT2D eigenvalue weighted by molar-refractivity contribution is -0.142. The highest BCUT2D eigenvalue weighted by molar-refractivity contribution is 7.07. The number of hydrogen-bond acceptors (Lipinski definition) is 5. The fraction of sp³-hybridized carbons (Fsp3) is 0.462. The van der Waals surface area contributed by atoms with Crippen molar-refractivity contribution in [2.75, 3.05) is 13.1 Å². The van der Waals surface area contributed by atoms with E-state index in [1.807, 2.05) is 16.8 Å². The first kappa shape index (κ1) is 14.7. The molecule has 108 valence electrons. The third-order valence-electron chi connectivity index (χ3n) is 3.12. The van der Waals surface area contributed by atoms with Crippen LogP contribution in [0.5, 0.6) is 0 Å². The quantitative estimate of drug-likeness (QED) is 0.746. The van der Waals surface area contributed by atoms with Gasteiger partial charge in [0.25, 0.3) is 0 Å². The van der Waals surface area contributed by atoms with Gasteiger partial charge in [-0.1, -0.05) is 0 Å². The summed E-state index contributed by atoms with van der Waals surface area (Å²) in [6.07, 6.45) is 0.146. The molecule has 1 fully saturated rings. The average molecular weight is 296 g/mol. The standard InChI is InChI=1S/C13H16N2O4S/c16-10(9-4-6-20-8-9)3-5-14-11(17)7-15-12(18)1-2-13(15)19/h4,6,8,10,16H,1-3,5,7H2,(H,14,17)/t10-/m1/s1. The van der Waals surface area contributed by atoms with Crippen LogP contribution in [0.3, 0.4) is 0 Å². The smallest absolute Gasteiger partial charge is 0.240 e. The summed E-state index contributed by atoms with van der Waals surface area (Å²) >= 11 is 1.50. The minimum atomic E-state index is -0.614. The Balaban J connectivity index is 1.70. The molecule has 1 aromatic rings. The number of aliphatic hydroxyl groups is 1. The zero-order chi connectivity index (χ0) is 14.5. The largest absolute Gasteiger partial charge is 0.388 e. The van der Waals surface area contributed by atoms with E-state index in [4.69, 9.17) is 0 Å². The van der Waals surface area contributed by atoms with Crippen LogP contribution < -0.4 is 5.32 Å². The van der Waals surface area contributed by atoms with Crippen molar-refractivity contribution in [2.45, 2.75) is 25.4 Å². The molecule has 7 heteroatoms. The molecule has 1 aromatic heterocycles. The van der Waals surface area contributed by atoms with Crippen LogP contribution >= 0.6 is 11.3 Å². The summed E-state index contributed by atoms with van der Waals surface area (Å²) in [5, 5.41) is 16.2. The molecule has 0 unspecified atom stereocenters. The van der Waals surface area contributed by atoms with E-state index < -0.39 is 6.10 Å². The molecule has 6 nitrogen and oxygen atoms in total. The van der Waals surface area contributed by atoms with Gasteiger partial charge >= 0.3 is 0 Å². The third kappa shape index (κ3) is 3.64. The normalized spacial score (nSPS) is 16.6. The van der Waals surface area contributed by atoms with Gasteiger partial charge in [0.1, 0.15) is 6.54 Å². The SMILES string of the molecule is O=C(CN1C(=O)CCC1=O)NCC[C@@H](O)c1ccsc1. The number of carbonyl (C=O) groups excluding carboxylic acids is 3. The second kappa shape index (κ2) is 6.62. The molecule has 0 spiro atoms. The zero-order valence-electron chi connectivity index (χ0n) is 10.9. The fourth-order valence-electron chi connectivity index (χ4n) is 1.98. The van der Waals surface area contributed by atoms with Crippen molar-refractivity contribution in [1.82, 2.24) is 10.2 Å². The minimum absolute atomic E-state index is 0.184. The Labute approximate surface area is 120 Å². The Morgan fingerprint density at radius 2 is 2.10 bits per heavy atom. The maximum atomic E-state index is 11.6. The van der Waals surface area contributed by atoms with Gasteiger partial charge in [-0.2, -0.15) is 11.3 Å². The van der Waals surface area contributed by atoms with Crippen LogP contribution in [0.4, 0.5) is 0 Å². The molecule has 2 N–H and O–H groups in total. The number of hydrogen-bond donors (Lipinski definition) is 2. The number of nitrogens with zero attached hydrogens (tertiary/aromatic N) is 1. The van der Waals surface area contributed by atoms with Gasteiger partial charge in [0, 0.05) is 19.4 Å². The van der Waals surface area contributed by atoms with Crippen molar-refractivity contribution < 1.29 is 19.5 Å². The van der Waals surface area contributed by atoms with Crippen molar-refractivity contribution in [3.63, 3.8) is 0 Å². The second-order valence-electron chi connectivity index (χ2n) is 4.58. The molecule has 0 bridgehead atoms. The first-order chi connectivity index (χ1) is 9.58. The van der Waals surface area contributed by atoms with E-state index in [1.54, 1.807) is 0 Å². The number of imide groups is 1. The number of carbonyl (C=O) groups is 3. The first-order valence-electron chi connectivity index (χ1n) is 6.38. The van der Waals surface area contributed by atoms with E-state index in [0.29, 0.717) is 13.0 Å². The van der Waals surface area contributed by atoms with Gasteiger partial charge in [-0.05, 0) is 28.8 Å². The molecule has 20 heavy (non-hydrogen) atoms. The Morgan fingerprint density at radius 1 is 1.40 bits per heavy atom. The van der Waals surface area contributed by atoms with Crippen molar-refractivity contribution >= 4 is 29.1 Å². The molecule has 1 aliphatic rings. The summed E-state index contributed by atoms with van der Waals surface area (Å²) in [5.74, 6) is -0.988. The average Bonchev–Trinajstić information content (AvgIpc) is 3.04. The molecule has 2 rings (SSSR count). The molecule has 0 saturated carbocycles. The molecular formula is C13H16N2O4S. The summed E-state index contributed by atoms with van der Waals surface area (Å²) in [6, 6.07) is 1.83. The van der Waals surface area contributed by atoms with E-state index in [2.05, 4.69) is 5.32 Å². The van der Waals surface area contributed by atoms with Crippen molar-refractivity contribution in [3.8, 4) is 0 Å². The van der Waals surface area contributed by atoms with Crippen LogP contribution in [-0.2, 0) is 14.4 Å². The maximum absolute atomic E-state index is 11.6. The van der Waals surface area contributed by atoms with Gasteiger partial charge < -0.3 is 10.4 Å². The molecular weight excluding hydrogens is 280 g/mol. The van der Waals surface area contributed by atoms with E-state index in [1.165, 1.54) is 11.3 Å². The lowest BCUT2D eigenvalue weighted by Gasteiger charge is -2.14. The van der Waals surface area contributed by atoms with Crippen LogP contribution in [0, 0.1) is 0 Å². The second-order valence-corrected chi connectivity index (χ2v) is 5.36. The lowest BCUT2D eigenvalue weighted by atomic mass is 10.1. The van der Waals surface area contributed by atoms with E-state index >= 15 is 0 Å². The number of amides is 3. The van der Waals surface area contributed by atoms with E-state index in [0.717, 1.165) is 10.5 Å². The Bertz CT molecular complexity index is 484. The summed E-state index contributed by atoms with van der Waals surface area (Å²) in [7, 11) is 0. The van der Waals surface area contributed by atoms with Crippen molar-refractivity contribution in [3.05, 3.63) is 22.4 Å². The molecule has 0 aromatic carbocycles.